The van der Waals surface area contributed by atoms with Gasteiger partial charge in [-0.05, 0) is 17.0 Å². The lowest BCUT2D eigenvalue weighted by molar-refractivity contribution is 0.543. The van der Waals surface area contributed by atoms with Gasteiger partial charge in [-0.2, -0.15) is 0 Å². The average molecular weight is 369 g/mol. The summed E-state index contributed by atoms with van der Waals surface area (Å²) in [4.78, 5) is 11.6. The number of benzene rings is 1. The fourth-order valence-corrected chi connectivity index (χ4v) is 54.2. The first kappa shape index (κ1) is 20.1. The SMILES string of the molecule is C[Si](C)(C)C([Si](C)(C)C)([Si](C)(C)O)[Si](C)(C)c1ccccc1. The Labute approximate surface area is 142 Å². The minimum atomic E-state index is -2.34. The van der Waals surface area contributed by atoms with Crippen LogP contribution in [0.25, 0.3) is 0 Å². The van der Waals surface area contributed by atoms with E-state index in [-0.39, 0.29) is 3.91 Å². The molecule has 0 amide bonds. The molecule has 0 aliphatic carbocycles. The first-order valence-electron chi connectivity index (χ1n) is 8.38. The van der Waals surface area contributed by atoms with Gasteiger partial charge in [0, 0.05) is 16.1 Å². The molecular formula is C17H36OSi4. The lowest BCUT2D eigenvalue weighted by Crippen LogP contribution is -2.79. The van der Waals surface area contributed by atoms with E-state index < -0.39 is 32.5 Å². The van der Waals surface area contributed by atoms with Crippen molar-refractivity contribution >= 4 is 37.7 Å². The molecule has 22 heavy (non-hydrogen) atoms. The quantitative estimate of drug-likeness (QED) is 0.738. The summed E-state index contributed by atoms with van der Waals surface area (Å²) in [6.45, 7) is 24.6. The van der Waals surface area contributed by atoms with Crippen LogP contribution in [0.2, 0.25) is 69.4 Å². The average Bonchev–Trinajstić information content (AvgIpc) is 2.23. The molecule has 0 spiro atoms. The molecule has 0 bridgehead atoms. The van der Waals surface area contributed by atoms with E-state index in [1.54, 1.807) is 0 Å². The maximum absolute atomic E-state index is 11.6. The van der Waals surface area contributed by atoms with Gasteiger partial charge in [-0.1, -0.05) is 87.9 Å². The molecule has 0 atom stereocenters. The minimum Gasteiger partial charge on any atom is -0.433 e. The molecule has 1 rings (SSSR count). The van der Waals surface area contributed by atoms with E-state index >= 15 is 0 Å². The van der Waals surface area contributed by atoms with Crippen LogP contribution in [-0.4, -0.2) is 37.3 Å². The van der Waals surface area contributed by atoms with Crippen molar-refractivity contribution in [1.29, 1.82) is 0 Å². The van der Waals surface area contributed by atoms with Gasteiger partial charge in [0.1, 0.15) is 0 Å². The third kappa shape index (κ3) is 2.90. The summed E-state index contributed by atoms with van der Waals surface area (Å²) < 4.78 is 0.224. The molecule has 0 saturated carbocycles. The molecule has 1 aromatic rings. The van der Waals surface area contributed by atoms with Gasteiger partial charge < -0.3 is 4.80 Å². The van der Waals surface area contributed by atoms with Crippen molar-refractivity contribution in [3.8, 4) is 0 Å². The summed E-state index contributed by atoms with van der Waals surface area (Å²) >= 11 is 0. The van der Waals surface area contributed by atoms with Gasteiger partial charge in [0.15, 0.2) is 8.32 Å². The summed E-state index contributed by atoms with van der Waals surface area (Å²) in [5.74, 6) is 0. The molecule has 5 heteroatoms. The highest BCUT2D eigenvalue weighted by Crippen LogP contribution is 2.58. The molecule has 0 radical (unpaired) electrons. The van der Waals surface area contributed by atoms with Crippen molar-refractivity contribution in [3.05, 3.63) is 30.3 Å². The van der Waals surface area contributed by atoms with Gasteiger partial charge in [0.2, 0.25) is 0 Å². The zero-order valence-corrected chi connectivity index (χ0v) is 20.3. The lowest BCUT2D eigenvalue weighted by atomic mass is 10.4. The standard InChI is InChI=1S/C17H36OSi4/c1-19(2,3)17(20(4,5)6,22(9,10)18)21(7,8)16-14-12-11-13-15-16/h11-15,18H,1-10H3. The van der Waals surface area contributed by atoms with Crippen LogP contribution in [0.1, 0.15) is 0 Å². The van der Waals surface area contributed by atoms with Crippen LogP contribution in [0.4, 0.5) is 0 Å². The Morgan fingerprint density at radius 2 is 1.05 bits per heavy atom. The van der Waals surface area contributed by atoms with Crippen molar-refractivity contribution in [2.75, 3.05) is 0 Å². The highest BCUT2D eigenvalue weighted by molar-refractivity contribution is 7.30. The molecule has 1 nitrogen and oxygen atoms in total. The van der Waals surface area contributed by atoms with Gasteiger partial charge in [-0.25, -0.2) is 0 Å². The van der Waals surface area contributed by atoms with Gasteiger partial charge in [-0.15, -0.1) is 0 Å². The van der Waals surface area contributed by atoms with E-state index in [0.29, 0.717) is 0 Å². The molecular weight excluding hydrogens is 333 g/mol. The minimum absolute atomic E-state index is 0.224. The summed E-state index contributed by atoms with van der Waals surface area (Å²) in [7, 11) is -7.35. The van der Waals surface area contributed by atoms with Crippen LogP contribution < -0.4 is 5.19 Å². The van der Waals surface area contributed by atoms with Crippen LogP contribution in [0.15, 0.2) is 30.3 Å². The third-order valence-corrected chi connectivity index (χ3v) is 40.2. The van der Waals surface area contributed by atoms with Crippen molar-refractivity contribution in [1.82, 2.24) is 0 Å². The van der Waals surface area contributed by atoms with E-state index in [1.807, 2.05) is 0 Å². The number of hydrogen-bond acceptors (Lipinski definition) is 1. The van der Waals surface area contributed by atoms with Crippen molar-refractivity contribution in [3.63, 3.8) is 0 Å². The molecule has 0 aliphatic rings. The lowest BCUT2D eigenvalue weighted by Gasteiger charge is -2.64. The largest absolute Gasteiger partial charge is 0.433 e. The van der Waals surface area contributed by atoms with Crippen LogP contribution in [0.5, 0.6) is 0 Å². The van der Waals surface area contributed by atoms with E-state index in [4.69, 9.17) is 0 Å². The molecule has 0 unspecified atom stereocenters. The van der Waals surface area contributed by atoms with E-state index in [0.717, 1.165) is 0 Å². The predicted molar refractivity (Wildman–Crippen MR) is 113 cm³/mol. The molecule has 0 aliphatic heterocycles. The van der Waals surface area contributed by atoms with Crippen LogP contribution in [0.3, 0.4) is 0 Å². The molecule has 1 aromatic carbocycles. The second-order valence-corrected chi connectivity index (χ2v) is 31.7. The number of rotatable bonds is 5. The van der Waals surface area contributed by atoms with Crippen molar-refractivity contribution in [2.45, 2.75) is 69.4 Å². The van der Waals surface area contributed by atoms with Crippen molar-refractivity contribution in [2.24, 2.45) is 0 Å². The zero-order chi connectivity index (χ0) is 17.6. The zero-order valence-electron chi connectivity index (χ0n) is 16.3. The Balaban J connectivity index is 3.87. The Morgan fingerprint density at radius 3 is 1.32 bits per heavy atom. The maximum atomic E-state index is 11.6. The summed E-state index contributed by atoms with van der Waals surface area (Å²) in [5.41, 5.74) is 0. The third-order valence-electron chi connectivity index (χ3n) is 5.60. The monoisotopic (exact) mass is 368 g/mol. The van der Waals surface area contributed by atoms with Crippen LogP contribution in [-0.2, 0) is 0 Å². The second-order valence-electron chi connectivity index (χ2n) is 9.80. The van der Waals surface area contributed by atoms with Crippen LogP contribution in [0, 0.1) is 0 Å². The normalized spacial score (nSPS) is 15.0. The van der Waals surface area contributed by atoms with E-state index in [9.17, 15) is 4.80 Å². The first-order valence-corrected chi connectivity index (χ1v) is 21.3. The highest BCUT2D eigenvalue weighted by Gasteiger charge is 2.69. The van der Waals surface area contributed by atoms with Crippen LogP contribution >= 0.6 is 0 Å². The van der Waals surface area contributed by atoms with Gasteiger partial charge >= 0.3 is 0 Å². The molecule has 1 N–H and O–H groups in total. The Morgan fingerprint density at radius 1 is 0.682 bits per heavy atom. The highest BCUT2D eigenvalue weighted by atomic mass is 28.5. The molecule has 0 aromatic heterocycles. The topological polar surface area (TPSA) is 20.2 Å². The Bertz CT molecular complexity index is 468. The number of hydrogen-bond donors (Lipinski definition) is 1. The fraction of sp³-hybridized carbons (Fsp3) is 0.647. The smallest absolute Gasteiger partial charge is 0.181 e. The summed E-state index contributed by atoms with van der Waals surface area (Å²) in [6.07, 6.45) is 0. The molecule has 0 saturated heterocycles. The van der Waals surface area contributed by atoms with Crippen molar-refractivity contribution < 1.29 is 4.80 Å². The summed E-state index contributed by atoms with van der Waals surface area (Å²) in [5, 5.41) is 1.52. The first-order chi connectivity index (χ1) is 9.61. The molecule has 0 fully saturated rings. The maximum Gasteiger partial charge on any atom is 0.181 e. The fourth-order valence-electron chi connectivity index (χ4n) is 6.67. The van der Waals surface area contributed by atoms with E-state index in [2.05, 4.69) is 95.8 Å². The van der Waals surface area contributed by atoms with E-state index in [1.165, 1.54) is 5.19 Å². The molecule has 0 heterocycles. The second kappa shape index (κ2) is 5.84. The Kier molecular flexibility index (Phi) is 5.34. The predicted octanol–water partition coefficient (Wildman–Crippen LogP) is 4.83. The summed E-state index contributed by atoms with van der Waals surface area (Å²) in [6, 6.07) is 11.1. The van der Waals surface area contributed by atoms with Gasteiger partial charge in [-0.3, -0.25) is 0 Å². The molecule has 126 valence electrons. The Hall–Kier alpha value is 0.0475. The van der Waals surface area contributed by atoms with Gasteiger partial charge in [0.05, 0.1) is 8.07 Å². The van der Waals surface area contributed by atoms with Gasteiger partial charge in [0.25, 0.3) is 0 Å².